The summed E-state index contributed by atoms with van der Waals surface area (Å²) in [6.45, 7) is 0. The molecule has 94 valence electrons. The second-order valence-corrected chi connectivity index (χ2v) is 5.12. The summed E-state index contributed by atoms with van der Waals surface area (Å²) in [6, 6.07) is 4.80. The van der Waals surface area contributed by atoms with Gasteiger partial charge in [0.05, 0.1) is 5.52 Å². The van der Waals surface area contributed by atoms with Crippen molar-refractivity contribution in [2.24, 2.45) is 7.05 Å². The van der Waals surface area contributed by atoms with E-state index in [1.807, 2.05) is 17.8 Å². The first-order valence-corrected chi connectivity index (χ1v) is 6.44. The molecule has 0 aliphatic heterocycles. The van der Waals surface area contributed by atoms with Crippen LogP contribution in [0.5, 0.6) is 0 Å². The molecular weight excluding hydrogens is 229 g/mol. The molecule has 0 radical (unpaired) electrons. The molecule has 1 aromatic heterocycles. The Labute approximate surface area is 105 Å². The minimum atomic E-state index is -0.231. The molecule has 0 N–H and O–H groups in total. The van der Waals surface area contributed by atoms with Gasteiger partial charge in [0.15, 0.2) is 0 Å². The first-order chi connectivity index (χ1) is 8.66. The van der Waals surface area contributed by atoms with Crippen molar-refractivity contribution >= 4 is 16.7 Å². The number of carbonyl (C=O) groups excluding carboxylic acids is 1. The molecule has 1 atom stereocenters. The van der Waals surface area contributed by atoms with Gasteiger partial charge in [0.2, 0.25) is 0 Å². The van der Waals surface area contributed by atoms with Crippen molar-refractivity contribution in [1.82, 2.24) is 4.57 Å². The highest BCUT2D eigenvalue weighted by atomic mass is 19.1. The fraction of sp³-hybridized carbons (Fsp3) is 0.400. The van der Waals surface area contributed by atoms with Crippen molar-refractivity contribution in [3.8, 4) is 0 Å². The highest BCUT2D eigenvalue weighted by Gasteiger charge is 2.26. The molecule has 2 nitrogen and oxygen atoms in total. The van der Waals surface area contributed by atoms with Gasteiger partial charge in [0.25, 0.3) is 0 Å². The van der Waals surface area contributed by atoms with Crippen LogP contribution in [0.3, 0.4) is 0 Å². The average molecular weight is 245 g/mol. The van der Waals surface area contributed by atoms with Crippen LogP contribution in [0.2, 0.25) is 0 Å². The third-order valence-corrected chi connectivity index (χ3v) is 3.91. The second-order valence-electron chi connectivity index (χ2n) is 5.12. The third kappa shape index (κ3) is 1.74. The van der Waals surface area contributed by atoms with Crippen LogP contribution >= 0.6 is 0 Å². The fourth-order valence-electron chi connectivity index (χ4n) is 2.98. The molecule has 1 fully saturated rings. The van der Waals surface area contributed by atoms with Crippen molar-refractivity contribution < 1.29 is 9.18 Å². The number of halogens is 1. The molecule has 0 saturated heterocycles. The Balaban J connectivity index is 2.14. The van der Waals surface area contributed by atoms with Gasteiger partial charge in [0, 0.05) is 31.0 Å². The van der Waals surface area contributed by atoms with Gasteiger partial charge in [-0.1, -0.05) is 6.42 Å². The molecule has 2 aromatic rings. The molecule has 1 aliphatic rings. The van der Waals surface area contributed by atoms with Gasteiger partial charge in [-0.05, 0) is 36.6 Å². The Morgan fingerprint density at radius 3 is 2.94 bits per heavy atom. The molecule has 1 heterocycles. The number of benzene rings is 1. The molecule has 0 spiro atoms. The van der Waals surface area contributed by atoms with Gasteiger partial charge in [-0.15, -0.1) is 0 Å². The maximum Gasteiger partial charge on any atom is 0.140 e. The molecule has 3 heteroatoms. The highest BCUT2D eigenvalue weighted by Crippen LogP contribution is 2.35. The Morgan fingerprint density at radius 2 is 2.17 bits per heavy atom. The molecule has 1 unspecified atom stereocenters. The number of ketones is 1. The largest absolute Gasteiger partial charge is 0.350 e. The van der Waals surface area contributed by atoms with Gasteiger partial charge < -0.3 is 4.57 Å². The molecule has 1 aliphatic carbocycles. The lowest BCUT2D eigenvalue weighted by Crippen LogP contribution is -2.16. The first-order valence-electron chi connectivity index (χ1n) is 6.44. The summed E-state index contributed by atoms with van der Waals surface area (Å²) in [5, 5.41) is 1.01. The number of carbonyl (C=O) groups is 1. The summed E-state index contributed by atoms with van der Waals surface area (Å²) < 4.78 is 15.2. The zero-order valence-corrected chi connectivity index (χ0v) is 10.4. The SMILES string of the molecule is Cn1cc(C2CCCCC2=O)c2ccc(F)cc21. The van der Waals surface area contributed by atoms with E-state index in [2.05, 4.69) is 0 Å². The summed E-state index contributed by atoms with van der Waals surface area (Å²) in [7, 11) is 1.90. The number of rotatable bonds is 1. The molecule has 0 amide bonds. The van der Waals surface area contributed by atoms with Crippen LogP contribution in [-0.2, 0) is 11.8 Å². The number of aryl methyl sites for hydroxylation is 1. The minimum absolute atomic E-state index is 0.00733. The number of hydrogen-bond donors (Lipinski definition) is 0. The van der Waals surface area contributed by atoms with Crippen LogP contribution in [0.15, 0.2) is 24.4 Å². The van der Waals surface area contributed by atoms with Crippen molar-refractivity contribution in [3.63, 3.8) is 0 Å². The monoisotopic (exact) mass is 245 g/mol. The van der Waals surface area contributed by atoms with Gasteiger partial charge in [-0.25, -0.2) is 4.39 Å². The maximum atomic E-state index is 13.3. The summed E-state index contributed by atoms with van der Waals surface area (Å²) in [5.74, 6) is 0.108. The molecule has 1 saturated carbocycles. The van der Waals surface area contributed by atoms with Crippen molar-refractivity contribution in [3.05, 3.63) is 35.8 Å². The lowest BCUT2D eigenvalue weighted by atomic mass is 9.83. The number of nitrogens with zero attached hydrogens (tertiary/aromatic N) is 1. The van der Waals surface area contributed by atoms with Crippen LogP contribution in [0.4, 0.5) is 4.39 Å². The Hall–Kier alpha value is -1.64. The maximum absolute atomic E-state index is 13.3. The smallest absolute Gasteiger partial charge is 0.140 e. The van der Waals surface area contributed by atoms with E-state index in [0.29, 0.717) is 12.2 Å². The van der Waals surface area contributed by atoms with Crippen molar-refractivity contribution in [2.75, 3.05) is 0 Å². The summed E-state index contributed by atoms with van der Waals surface area (Å²) in [5.41, 5.74) is 1.93. The molecular formula is C15H16FNO. The van der Waals surface area contributed by atoms with Gasteiger partial charge >= 0.3 is 0 Å². The first kappa shape index (κ1) is 11.5. The Morgan fingerprint density at radius 1 is 1.33 bits per heavy atom. The van der Waals surface area contributed by atoms with E-state index in [1.54, 1.807) is 6.07 Å². The van der Waals surface area contributed by atoms with Crippen LogP contribution in [-0.4, -0.2) is 10.4 Å². The second kappa shape index (κ2) is 4.23. The van der Waals surface area contributed by atoms with E-state index in [0.717, 1.165) is 35.7 Å². The topological polar surface area (TPSA) is 22.0 Å². The average Bonchev–Trinajstić information content (AvgIpc) is 2.67. The minimum Gasteiger partial charge on any atom is -0.350 e. The Kier molecular flexibility index (Phi) is 2.69. The third-order valence-electron chi connectivity index (χ3n) is 3.91. The molecule has 3 rings (SSSR count). The van der Waals surface area contributed by atoms with Crippen LogP contribution in [0, 0.1) is 5.82 Å². The van der Waals surface area contributed by atoms with E-state index in [1.165, 1.54) is 12.1 Å². The van der Waals surface area contributed by atoms with Crippen LogP contribution < -0.4 is 0 Å². The lowest BCUT2D eigenvalue weighted by molar-refractivity contribution is -0.121. The molecule has 1 aromatic carbocycles. The highest BCUT2D eigenvalue weighted by molar-refractivity contribution is 5.93. The van der Waals surface area contributed by atoms with E-state index >= 15 is 0 Å². The number of aromatic nitrogens is 1. The van der Waals surface area contributed by atoms with E-state index in [9.17, 15) is 9.18 Å². The van der Waals surface area contributed by atoms with E-state index < -0.39 is 0 Å². The van der Waals surface area contributed by atoms with Gasteiger partial charge in [-0.3, -0.25) is 4.79 Å². The fourth-order valence-corrected chi connectivity index (χ4v) is 2.98. The van der Waals surface area contributed by atoms with Crippen LogP contribution in [0.1, 0.15) is 37.2 Å². The van der Waals surface area contributed by atoms with Crippen molar-refractivity contribution in [2.45, 2.75) is 31.6 Å². The zero-order chi connectivity index (χ0) is 12.7. The molecule has 0 bridgehead atoms. The number of fused-ring (bicyclic) bond motifs is 1. The van der Waals surface area contributed by atoms with Gasteiger partial charge in [0.1, 0.15) is 11.6 Å². The van der Waals surface area contributed by atoms with Crippen LogP contribution in [0.25, 0.3) is 10.9 Å². The number of hydrogen-bond acceptors (Lipinski definition) is 1. The predicted octanol–water partition coefficient (Wildman–Crippen LogP) is 3.54. The van der Waals surface area contributed by atoms with Gasteiger partial charge in [-0.2, -0.15) is 0 Å². The summed E-state index contributed by atoms with van der Waals surface area (Å²) in [4.78, 5) is 12.0. The molecule has 18 heavy (non-hydrogen) atoms. The quantitative estimate of drug-likeness (QED) is 0.753. The van der Waals surface area contributed by atoms with E-state index in [-0.39, 0.29) is 11.7 Å². The standard InChI is InChI=1S/C15H16FNO/c1-17-9-13(12-4-2-3-5-15(12)18)11-7-6-10(16)8-14(11)17/h6-9,12H,2-5H2,1H3. The Bertz CT molecular complexity index is 614. The normalized spacial score (nSPS) is 20.6. The lowest BCUT2D eigenvalue weighted by Gasteiger charge is -2.19. The number of Topliss-reactive ketones (excluding diaryl/α,β-unsaturated/α-hetero) is 1. The van der Waals surface area contributed by atoms with Crippen molar-refractivity contribution in [1.29, 1.82) is 0 Å². The zero-order valence-electron chi connectivity index (χ0n) is 10.4. The van der Waals surface area contributed by atoms with E-state index in [4.69, 9.17) is 0 Å². The summed E-state index contributed by atoms with van der Waals surface area (Å²) >= 11 is 0. The predicted molar refractivity (Wildman–Crippen MR) is 69.1 cm³/mol. The summed E-state index contributed by atoms with van der Waals surface area (Å²) in [6.07, 6.45) is 5.71.